The normalized spacial score (nSPS) is 20.6. The molecule has 0 aromatic heterocycles. The molecule has 2 aliphatic rings. The monoisotopic (exact) mass is 348 g/mol. The van der Waals surface area contributed by atoms with Gasteiger partial charge in [-0.25, -0.2) is 0 Å². The second-order valence-electron chi connectivity index (χ2n) is 6.82. The Balaban J connectivity index is 1.56. The van der Waals surface area contributed by atoms with Gasteiger partial charge in [0.05, 0.1) is 0 Å². The molecular formula is C19H28N2O2S. The minimum absolute atomic E-state index is 0.163. The van der Waals surface area contributed by atoms with Gasteiger partial charge in [0, 0.05) is 55.1 Å². The van der Waals surface area contributed by atoms with Crippen LogP contribution in [0.5, 0.6) is 0 Å². The molecule has 4 nitrogen and oxygen atoms in total. The summed E-state index contributed by atoms with van der Waals surface area (Å²) in [5.41, 5.74) is 1.84. The molecule has 0 saturated carbocycles. The Labute approximate surface area is 149 Å². The van der Waals surface area contributed by atoms with Gasteiger partial charge in [-0.15, -0.1) is 0 Å². The van der Waals surface area contributed by atoms with Gasteiger partial charge in [0.1, 0.15) is 0 Å². The van der Waals surface area contributed by atoms with Gasteiger partial charge in [-0.05, 0) is 50.3 Å². The lowest BCUT2D eigenvalue weighted by atomic mass is 9.93. The zero-order valence-corrected chi connectivity index (χ0v) is 15.3. The average molecular weight is 349 g/mol. The van der Waals surface area contributed by atoms with Gasteiger partial charge in [-0.3, -0.25) is 4.79 Å². The van der Waals surface area contributed by atoms with E-state index in [2.05, 4.69) is 18.3 Å². The standard InChI is InChI=1S/C19H28N2O2S/c1-15(13-16-5-9-23-10-6-16)20-18-4-2-3-17(14-18)19(22)21-7-11-24-12-8-21/h2-4,14-16,20H,5-13H2,1H3. The van der Waals surface area contributed by atoms with E-state index in [4.69, 9.17) is 4.74 Å². The lowest BCUT2D eigenvalue weighted by Crippen LogP contribution is -2.37. The number of nitrogens with zero attached hydrogens (tertiary/aromatic N) is 1. The fourth-order valence-corrected chi connectivity index (χ4v) is 4.42. The molecule has 24 heavy (non-hydrogen) atoms. The number of ether oxygens (including phenoxy) is 1. The largest absolute Gasteiger partial charge is 0.383 e. The van der Waals surface area contributed by atoms with Crippen LogP contribution >= 0.6 is 11.8 Å². The SMILES string of the molecule is CC(CC1CCOCC1)Nc1cccc(C(=O)N2CCSCC2)c1. The highest BCUT2D eigenvalue weighted by molar-refractivity contribution is 7.99. The molecule has 1 aromatic rings. The fraction of sp³-hybridized carbons (Fsp3) is 0.632. The van der Waals surface area contributed by atoms with Crippen LogP contribution in [0.2, 0.25) is 0 Å². The minimum atomic E-state index is 0.163. The molecule has 1 N–H and O–H groups in total. The van der Waals surface area contributed by atoms with Crippen molar-refractivity contribution in [3.05, 3.63) is 29.8 Å². The van der Waals surface area contributed by atoms with Gasteiger partial charge in [-0.2, -0.15) is 11.8 Å². The van der Waals surface area contributed by atoms with E-state index in [1.807, 2.05) is 34.9 Å². The maximum atomic E-state index is 12.6. The van der Waals surface area contributed by atoms with Gasteiger partial charge >= 0.3 is 0 Å². The summed E-state index contributed by atoms with van der Waals surface area (Å²) in [6.07, 6.45) is 3.49. The van der Waals surface area contributed by atoms with Crippen molar-refractivity contribution in [1.29, 1.82) is 0 Å². The van der Waals surface area contributed by atoms with Gasteiger partial charge in [-0.1, -0.05) is 6.07 Å². The highest BCUT2D eigenvalue weighted by atomic mass is 32.2. The van der Waals surface area contributed by atoms with E-state index in [0.29, 0.717) is 6.04 Å². The fourth-order valence-electron chi connectivity index (χ4n) is 3.52. The third-order valence-electron chi connectivity index (χ3n) is 4.85. The number of rotatable bonds is 5. The van der Waals surface area contributed by atoms with Crippen LogP contribution < -0.4 is 5.32 Å². The van der Waals surface area contributed by atoms with Gasteiger partial charge < -0.3 is 15.0 Å². The molecule has 2 saturated heterocycles. The Bertz CT molecular complexity index is 540. The first-order valence-corrected chi connectivity index (χ1v) is 10.2. The van der Waals surface area contributed by atoms with Crippen molar-refractivity contribution >= 4 is 23.4 Å². The molecule has 0 spiro atoms. The number of carbonyl (C=O) groups is 1. The molecule has 1 atom stereocenters. The first-order valence-electron chi connectivity index (χ1n) is 9.04. The Morgan fingerprint density at radius 2 is 2.08 bits per heavy atom. The van der Waals surface area contributed by atoms with Gasteiger partial charge in [0.25, 0.3) is 5.91 Å². The first-order chi connectivity index (χ1) is 11.7. The summed E-state index contributed by atoms with van der Waals surface area (Å²) in [7, 11) is 0. The molecule has 0 radical (unpaired) electrons. The molecule has 2 aliphatic heterocycles. The van der Waals surface area contributed by atoms with Crippen molar-refractivity contribution in [3.8, 4) is 0 Å². The number of hydrogen-bond acceptors (Lipinski definition) is 4. The predicted molar refractivity (Wildman–Crippen MR) is 101 cm³/mol. The topological polar surface area (TPSA) is 41.6 Å². The van der Waals surface area contributed by atoms with Crippen molar-refractivity contribution in [2.24, 2.45) is 5.92 Å². The summed E-state index contributed by atoms with van der Waals surface area (Å²) < 4.78 is 5.44. The number of hydrogen-bond donors (Lipinski definition) is 1. The molecule has 132 valence electrons. The molecule has 0 aliphatic carbocycles. The second-order valence-corrected chi connectivity index (χ2v) is 8.05. The van der Waals surface area contributed by atoms with Crippen LogP contribution in [-0.4, -0.2) is 54.7 Å². The summed E-state index contributed by atoms with van der Waals surface area (Å²) in [6.45, 7) is 5.75. The molecule has 2 heterocycles. The van der Waals surface area contributed by atoms with E-state index >= 15 is 0 Å². The molecule has 1 aromatic carbocycles. The van der Waals surface area contributed by atoms with E-state index in [-0.39, 0.29) is 5.91 Å². The molecule has 1 amide bonds. The Morgan fingerprint density at radius 1 is 1.33 bits per heavy atom. The third kappa shape index (κ3) is 4.90. The van der Waals surface area contributed by atoms with E-state index < -0.39 is 0 Å². The van der Waals surface area contributed by atoms with Crippen LogP contribution in [0, 0.1) is 5.92 Å². The average Bonchev–Trinajstić information content (AvgIpc) is 2.63. The van der Waals surface area contributed by atoms with E-state index in [0.717, 1.165) is 74.2 Å². The van der Waals surface area contributed by atoms with E-state index in [1.54, 1.807) is 0 Å². The van der Waals surface area contributed by atoms with Crippen molar-refractivity contribution in [1.82, 2.24) is 4.90 Å². The second kappa shape index (κ2) is 8.77. The van der Waals surface area contributed by atoms with Crippen LogP contribution in [-0.2, 0) is 4.74 Å². The number of nitrogens with one attached hydrogen (secondary N) is 1. The van der Waals surface area contributed by atoms with Crippen molar-refractivity contribution in [3.63, 3.8) is 0 Å². The van der Waals surface area contributed by atoms with Crippen LogP contribution in [0.25, 0.3) is 0 Å². The molecule has 2 fully saturated rings. The van der Waals surface area contributed by atoms with Crippen LogP contribution in [0.15, 0.2) is 24.3 Å². The quantitative estimate of drug-likeness (QED) is 0.884. The molecule has 0 bridgehead atoms. The van der Waals surface area contributed by atoms with Crippen molar-refractivity contribution < 1.29 is 9.53 Å². The highest BCUT2D eigenvalue weighted by Gasteiger charge is 2.19. The Kier molecular flexibility index (Phi) is 6.44. The summed E-state index contributed by atoms with van der Waals surface area (Å²) >= 11 is 1.92. The summed E-state index contributed by atoms with van der Waals surface area (Å²) in [5.74, 6) is 3.01. The zero-order valence-electron chi connectivity index (χ0n) is 14.5. The molecule has 5 heteroatoms. The van der Waals surface area contributed by atoms with Gasteiger partial charge in [0.2, 0.25) is 0 Å². The third-order valence-corrected chi connectivity index (χ3v) is 5.79. The lowest BCUT2D eigenvalue weighted by Gasteiger charge is -2.27. The number of anilines is 1. The number of amides is 1. The van der Waals surface area contributed by atoms with E-state index in [1.165, 1.54) is 0 Å². The highest BCUT2D eigenvalue weighted by Crippen LogP contribution is 2.22. The van der Waals surface area contributed by atoms with Gasteiger partial charge in [0.15, 0.2) is 0 Å². The molecule has 3 rings (SSSR count). The summed E-state index contributed by atoms with van der Waals surface area (Å²) in [5, 5.41) is 3.57. The van der Waals surface area contributed by atoms with Crippen LogP contribution in [0.1, 0.15) is 36.5 Å². The maximum absolute atomic E-state index is 12.6. The first kappa shape index (κ1) is 17.6. The Morgan fingerprint density at radius 3 is 2.83 bits per heavy atom. The molecular weight excluding hydrogens is 320 g/mol. The number of thioether (sulfide) groups is 1. The van der Waals surface area contributed by atoms with E-state index in [9.17, 15) is 4.79 Å². The maximum Gasteiger partial charge on any atom is 0.253 e. The lowest BCUT2D eigenvalue weighted by molar-refractivity contribution is 0.0629. The van der Waals surface area contributed by atoms with Crippen molar-refractivity contribution in [2.45, 2.75) is 32.2 Å². The Hall–Kier alpha value is -1.20. The minimum Gasteiger partial charge on any atom is -0.383 e. The predicted octanol–water partition coefficient (Wildman–Crippen LogP) is 3.49. The van der Waals surface area contributed by atoms with Crippen molar-refractivity contribution in [2.75, 3.05) is 43.1 Å². The zero-order chi connectivity index (χ0) is 16.8. The van der Waals surface area contributed by atoms with Crippen LogP contribution in [0.4, 0.5) is 5.69 Å². The molecule has 1 unspecified atom stereocenters. The summed E-state index contributed by atoms with van der Waals surface area (Å²) in [6, 6.07) is 8.38. The summed E-state index contributed by atoms with van der Waals surface area (Å²) in [4.78, 5) is 14.6. The smallest absolute Gasteiger partial charge is 0.253 e. The van der Waals surface area contributed by atoms with Crippen LogP contribution in [0.3, 0.4) is 0 Å². The number of carbonyl (C=O) groups excluding carboxylic acids is 1. The number of benzene rings is 1.